The van der Waals surface area contributed by atoms with Gasteiger partial charge in [0.1, 0.15) is 0 Å². The number of nitrogens with two attached hydrogens (primary N) is 1. The summed E-state index contributed by atoms with van der Waals surface area (Å²) in [5.41, 5.74) is 7.74. The standard InChI is InChI=1S/C11H10Br2N2S/c12-7-1-2-10(8(13)5-7)15-6-11-9(14)3-4-16-11/h1-5,15H,6,14H2. The fraction of sp³-hybridized carbons (Fsp3) is 0.0909. The molecule has 84 valence electrons. The molecule has 0 aliphatic rings. The Morgan fingerprint density at radius 3 is 2.69 bits per heavy atom. The van der Waals surface area contributed by atoms with Gasteiger partial charge in [0.15, 0.2) is 0 Å². The van der Waals surface area contributed by atoms with Crippen LogP contribution in [0.4, 0.5) is 11.4 Å². The number of nitrogen functional groups attached to an aromatic ring is 1. The van der Waals surface area contributed by atoms with Gasteiger partial charge >= 0.3 is 0 Å². The molecular formula is C11H10Br2N2S. The van der Waals surface area contributed by atoms with Crippen LogP contribution in [-0.2, 0) is 6.54 Å². The van der Waals surface area contributed by atoms with Crippen LogP contribution in [0.15, 0.2) is 38.6 Å². The van der Waals surface area contributed by atoms with E-state index >= 15 is 0 Å². The topological polar surface area (TPSA) is 38.0 Å². The van der Waals surface area contributed by atoms with E-state index in [1.807, 2.05) is 29.6 Å². The summed E-state index contributed by atoms with van der Waals surface area (Å²) in [6, 6.07) is 7.97. The molecule has 3 N–H and O–H groups in total. The molecule has 0 bridgehead atoms. The molecule has 0 aliphatic heterocycles. The van der Waals surface area contributed by atoms with Gasteiger partial charge in [-0.1, -0.05) is 15.9 Å². The van der Waals surface area contributed by atoms with Gasteiger partial charge < -0.3 is 11.1 Å². The first-order chi connectivity index (χ1) is 7.66. The van der Waals surface area contributed by atoms with Gasteiger partial charge in [-0.05, 0) is 45.6 Å². The monoisotopic (exact) mass is 360 g/mol. The van der Waals surface area contributed by atoms with Crippen LogP contribution in [0.2, 0.25) is 0 Å². The van der Waals surface area contributed by atoms with Gasteiger partial charge in [-0.3, -0.25) is 0 Å². The lowest BCUT2D eigenvalue weighted by Crippen LogP contribution is -2.00. The van der Waals surface area contributed by atoms with Crippen LogP contribution in [0.5, 0.6) is 0 Å². The van der Waals surface area contributed by atoms with Crippen molar-refractivity contribution >= 4 is 54.6 Å². The molecular weight excluding hydrogens is 352 g/mol. The summed E-state index contributed by atoms with van der Waals surface area (Å²) in [5, 5.41) is 5.35. The lowest BCUT2D eigenvalue weighted by molar-refractivity contribution is 1.19. The Bertz CT molecular complexity index is 496. The number of rotatable bonds is 3. The molecule has 0 aliphatic carbocycles. The van der Waals surface area contributed by atoms with Crippen LogP contribution in [0, 0.1) is 0 Å². The zero-order valence-electron chi connectivity index (χ0n) is 8.34. The van der Waals surface area contributed by atoms with Crippen LogP contribution < -0.4 is 11.1 Å². The molecule has 0 unspecified atom stereocenters. The normalized spacial score (nSPS) is 10.4. The molecule has 0 saturated heterocycles. The van der Waals surface area contributed by atoms with Crippen molar-refractivity contribution in [1.29, 1.82) is 0 Å². The first-order valence-electron chi connectivity index (χ1n) is 4.67. The van der Waals surface area contributed by atoms with Gasteiger partial charge in [-0.15, -0.1) is 11.3 Å². The van der Waals surface area contributed by atoms with E-state index in [2.05, 4.69) is 37.2 Å². The van der Waals surface area contributed by atoms with Crippen molar-refractivity contribution in [2.75, 3.05) is 11.1 Å². The Balaban J connectivity index is 2.08. The average molecular weight is 362 g/mol. The molecule has 0 amide bonds. The van der Waals surface area contributed by atoms with E-state index in [1.54, 1.807) is 11.3 Å². The average Bonchev–Trinajstić information content (AvgIpc) is 2.63. The predicted molar refractivity (Wildman–Crippen MR) is 77.9 cm³/mol. The van der Waals surface area contributed by atoms with Gasteiger partial charge in [0.25, 0.3) is 0 Å². The summed E-state index contributed by atoms with van der Waals surface area (Å²) in [6.07, 6.45) is 0. The third-order valence-corrected chi connectivity index (χ3v) is 4.24. The molecule has 16 heavy (non-hydrogen) atoms. The maximum absolute atomic E-state index is 5.82. The third-order valence-electron chi connectivity index (χ3n) is 2.15. The maximum Gasteiger partial charge on any atom is 0.0515 e. The molecule has 2 nitrogen and oxygen atoms in total. The van der Waals surface area contributed by atoms with Gasteiger partial charge in [-0.25, -0.2) is 0 Å². The largest absolute Gasteiger partial charge is 0.398 e. The highest BCUT2D eigenvalue weighted by molar-refractivity contribution is 9.11. The Morgan fingerprint density at radius 1 is 1.25 bits per heavy atom. The van der Waals surface area contributed by atoms with E-state index in [4.69, 9.17) is 5.73 Å². The third kappa shape index (κ3) is 2.78. The van der Waals surface area contributed by atoms with Crippen molar-refractivity contribution in [2.24, 2.45) is 0 Å². The van der Waals surface area contributed by atoms with E-state index in [0.29, 0.717) is 0 Å². The summed E-state index contributed by atoms with van der Waals surface area (Å²) >= 11 is 8.60. The Morgan fingerprint density at radius 2 is 2.06 bits per heavy atom. The van der Waals surface area contributed by atoms with Gasteiger partial charge in [0.2, 0.25) is 0 Å². The Labute approximate surface area is 115 Å². The van der Waals surface area contributed by atoms with Crippen molar-refractivity contribution in [1.82, 2.24) is 0 Å². The van der Waals surface area contributed by atoms with Crippen molar-refractivity contribution < 1.29 is 0 Å². The molecule has 0 spiro atoms. The molecule has 5 heteroatoms. The molecule has 2 aromatic rings. The van der Waals surface area contributed by atoms with Gasteiger partial charge in [-0.2, -0.15) is 0 Å². The molecule has 1 heterocycles. The number of anilines is 2. The number of nitrogens with one attached hydrogen (secondary N) is 1. The van der Waals surface area contributed by atoms with Crippen LogP contribution in [-0.4, -0.2) is 0 Å². The second-order valence-electron chi connectivity index (χ2n) is 3.28. The minimum Gasteiger partial charge on any atom is -0.398 e. The lowest BCUT2D eigenvalue weighted by Gasteiger charge is -2.08. The molecule has 0 atom stereocenters. The zero-order chi connectivity index (χ0) is 11.5. The number of thiophene rings is 1. The van der Waals surface area contributed by atoms with Crippen LogP contribution in [0.25, 0.3) is 0 Å². The predicted octanol–water partition coefficient (Wildman–Crippen LogP) is 4.47. The first-order valence-corrected chi connectivity index (χ1v) is 7.14. The Kier molecular flexibility index (Phi) is 3.89. The summed E-state index contributed by atoms with van der Waals surface area (Å²) < 4.78 is 2.09. The van der Waals surface area contributed by atoms with Crippen molar-refractivity contribution in [3.63, 3.8) is 0 Å². The highest BCUT2D eigenvalue weighted by Gasteiger charge is 2.03. The summed E-state index contributed by atoms with van der Waals surface area (Å²) in [6.45, 7) is 0.754. The maximum atomic E-state index is 5.82. The molecule has 0 saturated carbocycles. The minimum atomic E-state index is 0.754. The van der Waals surface area contributed by atoms with Gasteiger partial charge in [0.05, 0.1) is 6.54 Å². The highest BCUT2D eigenvalue weighted by atomic mass is 79.9. The summed E-state index contributed by atoms with van der Waals surface area (Å²) in [7, 11) is 0. The molecule has 0 fully saturated rings. The molecule has 0 radical (unpaired) electrons. The number of hydrogen-bond acceptors (Lipinski definition) is 3. The van der Waals surface area contributed by atoms with Crippen molar-refractivity contribution in [3.8, 4) is 0 Å². The van der Waals surface area contributed by atoms with Crippen molar-refractivity contribution in [2.45, 2.75) is 6.54 Å². The van der Waals surface area contributed by atoms with E-state index in [9.17, 15) is 0 Å². The molecule has 1 aromatic heterocycles. The molecule has 1 aromatic carbocycles. The van der Waals surface area contributed by atoms with E-state index < -0.39 is 0 Å². The van der Waals surface area contributed by atoms with Crippen LogP contribution in [0.3, 0.4) is 0 Å². The van der Waals surface area contributed by atoms with Crippen molar-refractivity contribution in [3.05, 3.63) is 43.5 Å². The van der Waals surface area contributed by atoms with E-state index in [-0.39, 0.29) is 0 Å². The SMILES string of the molecule is Nc1ccsc1CNc1ccc(Br)cc1Br. The summed E-state index contributed by atoms with van der Waals surface area (Å²) in [5.74, 6) is 0. The quantitative estimate of drug-likeness (QED) is 0.846. The highest BCUT2D eigenvalue weighted by Crippen LogP contribution is 2.27. The van der Waals surface area contributed by atoms with E-state index in [0.717, 1.165) is 31.7 Å². The van der Waals surface area contributed by atoms with Crippen LogP contribution in [0.1, 0.15) is 4.88 Å². The van der Waals surface area contributed by atoms with Crippen LogP contribution >= 0.6 is 43.2 Å². The second-order valence-corrected chi connectivity index (χ2v) is 6.05. The smallest absolute Gasteiger partial charge is 0.0515 e. The number of hydrogen-bond donors (Lipinski definition) is 2. The van der Waals surface area contributed by atoms with E-state index in [1.165, 1.54) is 0 Å². The van der Waals surface area contributed by atoms with Gasteiger partial charge in [0, 0.05) is 25.2 Å². The first kappa shape index (κ1) is 12.0. The summed E-state index contributed by atoms with van der Waals surface area (Å²) in [4.78, 5) is 1.16. The number of benzene rings is 1. The fourth-order valence-electron chi connectivity index (χ4n) is 1.30. The zero-order valence-corrected chi connectivity index (χ0v) is 12.3. The Hall–Kier alpha value is -0.520. The molecule has 2 rings (SSSR count). The number of halogens is 2. The minimum absolute atomic E-state index is 0.754. The fourth-order valence-corrected chi connectivity index (χ4v) is 3.23. The second kappa shape index (κ2) is 5.21. The lowest BCUT2D eigenvalue weighted by atomic mass is 10.3.